The van der Waals surface area contributed by atoms with Crippen molar-refractivity contribution >= 4 is 35.0 Å². The number of nitrogens with zero attached hydrogens (tertiary/aromatic N) is 5. The number of aromatic nitrogens is 2. The molecule has 3 aliphatic rings. The number of benzene rings is 1. The minimum atomic E-state index is -0.547. The Balaban J connectivity index is 1.33. The van der Waals surface area contributed by atoms with Crippen molar-refractivity contribution in [3.8, 4) is 5.75 Å². The molecule has 0 bridgehead atoms. The molecule has 1 saturated carbocycles. The number of methoxy groups -OCH3 is 1. The summed E-state index contributed by atoms with van der Waals surface area (Å²) in [6.45, 7) is 12.9. The third kappa shape index (κ3) is 6.48. The molecule has 0 radical (unpaired) electrons. The highest BCUT2D eigenvalue weighted by Crippen LogP contribution is 2.40. The topological polar surface area (TPSA) is 103 Å². The predicted molar refractivity (Wildman–Crippen MR) is 167 cm³/mol. The van der Waals surface area contributed by atoms with E-state index in [0.29, 0.717) is 42.1 Å². The van der Waals surface area contributed by atoms with Crippen LogP contribution in [0.25, 0.3) is 0 Å². The molecule has 1 saturated heterocycles. The number of rotatable bonds is 9. The van der Waals surface area contributed by atoms with Gasteiger partial charge >= 0.3 is 0 Å². The quantitative estimate of drug-likeness (QED) is 0.437. The van der Waals surface area contributed by atoms with Gasteiger partial charge in [0.2, 0.25) is 11.9 Å². The molecule has 2 aliphatic heterocycles. The number of hydrogen-bond acceptors (Lipinski definition) is 8. The van der Waals surface area contributed by atoms with Gasteiger partial charge in [-0.05, 0) is 76.2 Å². The van der Waals surface area contributed by atoms with Crippen LogP contribution in [-0.4, -0.2) is 79.6 Å². The van der Waals surface area contributed by atoms with E-state index in [2.05, 4.69) is 39.3 Å². The van der Waals surface area contributed by atoms with Gasteiger partial charge in [0.25, 0.3) is 5.91 Å². The van der Waals surface area contributed by atoms with Gasteiger partial charge in [-0.1, -0.05) is 26.7 Å². The number of likely N-dealkylation sites (tertiary alicyclic amines) is 1. The first kappa shape index (κ1) is 30.1. The maximum atomic E-state index is 13.3. The zero-order valence-electron chi connectivity index (χ0n) is 26.1. The zero-order chi connectivity index (χ0) is 30.1. The fraction of sp³-hybridized carbons (Fsp3) is 0.625. The van der Waals surface area contributed by atoms with Gasteiger partial charge in [0, 0.05) is 38.3 Å². The molecule has 42 heavy (non-hydrogen) atoms. The van der Waals surface area contributed by atoms with Crippen LogP contribution in [0.1, 0.15) is 76.6 Å². The summed E-state index contributed by atoms with van der Waals surface area (Å²) in [5.74, 6) is 1.64. The Hall–Kier alpha value is -3.40. The molecule has 10 nitrogen and oxygen atoms in total. The normalized spacial score (nSPS) is 19.5. The monoisotopic (exact) mass is 577 g/mol. The highest BCUT2D eigenvalue weighted by Gasteiger charge is 2.41. The average molecular weight is 578 g/mol. The molecule has 0 atom stereocenters. The highest BCUT2D eigenvalue weighted by molar-refractivity contribution is 6.01. The number of anilines is 4. The molecule has 2 amide bonds. The Morgan fingerprint density at radius 3 is 2.55 bits per heavy atom. The third-order valence-electron chi connectivity index (χ3n) is 8.89. The highest BCUT2D eigenvalue weighted by atomic mass is 16.5. The van der Waals surface area contributed by atoms with Gasteiger partial charge < -0.3 is 30.1 Å². The third-order valence-corrected chi connectivity index (χ3v) is 8.89. The Morgan fingerprint density at radius 2 is 1.86 bits per heavy atom. The van der Waals surface area contributed by atoms with Crippen molar-refractivity contribution in [2.75, 3.05) is 62.0 Å². The average Bonchev–Trinajstić information content (AvgIpc) is 3.67. The van der Waals surface area contributed by atoms with Crippen molar-refractivity contribution in [2.24, 2.45) is 10.8 Å². The number of amides is 2. The molecule has 1 aromatic heterocycles. The fourth-order valence-corrected chi connectivity index (χ4v) is 6.60. The van der Waals surface area contributed by atoms with Crippen molar-refractivity contribution in [1.29, 1.82) is 0 Å². The van der Waals surface area contributed by atoms with E-state index in [1.54, 1.807) is 37.4 Å². The minimum Gasteiger partial charge on any atom is -0.495 e. The van der Waals surface area contributed by atoms with Crippen LogP contribution in [0.3, 0.4) is 0 Å². The summed E-state index contributed by atoms with van der Waals surface area (Å²) >= 11 is 0. The molecule has 1 aromatic carbocycles. The SMILES string of the molecule is COc1cc(C(=O)NCC(C)(C)CN2CCCC2)ccc1Nc1ncc2c(n1)N(C1CCCC1)CC(C)(C)C(=O)N2C. The largest absolute Gasteiger partial charge is 0.495 e. The lowest BCUT2D eigenvalue weighted by atomic mass is 9.91. The first-order valence-electron chi connectivity index (χ1n) is 15.3. The van der Waals surface area contributed by atoms with Crippen molar-refractivity contribution < 1.29 is 14.3 Å². The molecule has 1 aliphatic carbocycles. The lowest BCUT2D eigenvalue weighted by Gasteiger charge is -2.34. The summed E-state index contributed by atoms with van der Waals surface area (Å²) in [5, 5.41) is 6.42. The van der Waals surface area contributed by atoms with Crippen molar-refractivity contribution in [3.63, 3.8) is 0 Å². The van der Waals surface area contributed by atoms with Crippen LogP contribution in [0.5, 0.6) is 5.75 Å². The van der Waals surface area contributed by atoms with Crippen LogP contribution < -0.4 is 25.2 Å². The van der Waals surface area contributed by atoms with Crippen LogP contribution in [0.2, 0.25) is 0 Å². The molecule has 2 aromatic rings. The van der Waals surface area contributed by atoms with E-state index >= 15 is 0 Å². The summed E-state index contributed by atoms with van der Waals surface area (Å²) in [6, 6.07) is 5.70. The Labute approximate surface area is 250 Å². The molecular weight excluding hydrogens is 530 g/mol. The van der Waals surface area contributed by atoms with Gasteiger partial charge in [-0.15, -0.1) is 0 Å². The Kier molecular flexibility index (Phi) is 8.64. The predicted octanol–water partition coefficient (Wildman–Crippen LogP) is 4.83. The molecule has 0 unspecified atom stereocenters. The van der Waals surface area contributed by atoms with Crippen LogP contribution in [0.4, 0.5) is 23.1 Å². The minimum absolute atomic E-state index is 0.0193. The maximum Gasteiger partial charge on any atom is 0.251 e. The molecule has 2 fully saturated rings. The number of hydrogen-bond donors (Lipinski definition) is 2. The standard InChI is InChI=1S/C32H47N7O3/c1-31(2,20-38-15-9-10-16-38)19-34-28(40)22-13-14-24(26(17-22)42-6)35-30-33-18-25-27(36-30)39(23-11-7-8-12-23)21-32(3,4)29(41)37(25)5/h13-14,17-18,23H,7-12,15-16,19-21H2,1-6H3,(H,34,40)(H,33,35,36). The van der Waals surface area contributed by atoms with Gasteiger partial charge in [0.15, 0.2) is 5.82 Å². The van der Waals surface area contributed by atoms with Crippen molar-refractivity contribution in [1.82, 2.24) is 20.2 Å². The van der Waals surface area contributed by atoms with E-state index < -0.39 is 5.41 Å². The second kappa shape index (κ2) is 12.1. The molecule has 0 spiro atoms. The van der Waals surface area contributed by atoms with Crippen LogP contribution in [-0.2, 0) is 4.79 Å². The second-order valence-electron chi connectivity index (χ2n) is 13.6. The van der Waals surface area contributed by atoms with Crippen LogP contribution >= 0.6 is 0 Å². The number of ether oxygens (including phenoxy) is 1. The van der Waals surface area contributed by atoms with E-state index in [0.717, 1.165) is 44.0 Å². The van der Waals surface area contributed by atoms with Crippen LogP contribution in [0.15, 0.2) is 24.4 Å². The molecular formula is C32H47N7O3. The van der Waals surface area contributed by atoms with E-state index in [1.807, 2.05) is 19.9 Å². The van der Waals surface area contributed by atoms with Gasteiger partial charge in [0.1, 0.15) is 11.4 Å². The second-order valence-corrected chi connectivity index (χ2v) is 13.6. The first-order valence-corrected chi connectivity index (χ1v) is 15.3. The van der Waals surface area contributed by atoms with Crippen molar-refractivity contribution in [2.45, 2.75) is 72.3 Å². The van der Waals surface area contributed by atoms with E-state index in [1.165, 1.54) is 25.7 Å². The van der Waals surface area contributed by atoms with Gasteiger partial charge in [-0.3, -0.25) is 9.59 Å². The molecule has 228 valence electrons. The Bertz CT molecular complexity index is 1300. The fourth-order valence-electron chi connectivity index (χ4n) is 6.60. The number of carbonyl (C=O) groups excluding carboxylic acids is 2. The molecule has 2 N–H and O–H groups in total. The first-order chi connectivity index (χ1) is 20.0. The zero-order valence-corrected chi connectivity index (χ0v) is 26.1. The summed E-state index contributed by atoms with van der Waals surface area (Å²) in [5.41, 5.74) is 1.35. The molecule has 10 heteroatoms. The van der Waals surface area contributed by atoms with Gasteiger partial charge in [-0.25, -0.2) is 4.98 Å². The maximum absolute atomic E-state index is 13.3. The summed E-state index contributed by atoms with van der Waals surface area (Å²) in [7, 11) is 3.39. The smallest absolute Gasteiger partial charge is 0.251 e. The number of carbonyl (C=O) groups is 2. The summed E-state index contributed by atoms with van der Waals surface area (Å²) in [4.78, 5) is 42.4. The summed E-state index contributed by atoms with van der Waals surface area (Å²) < 4.78 is 5.67. The van der Waals surface area contributed by atoms with Gasteiger partial charge in [0.05, 0.1) is 24.4 Å². The molecule has 5 rings (SSSR count). The lowest BCUT2D eigenvalue weighted by Crippen LogP contribution is -2.45. The van der Waals surface area contributed by atoms with Gasteiger partial charge in [-0.2, -0.15) is 4.98 Å². The van der Waals surface area contributed by atoms with Crippen molar-refractivity contribution in [3.05, 3.63) is 30.0 Å². The Morgan fingerprint density at radius 1 is 1.14 bits per heavy atom. The lowest BCUT2D eigenvalue weighted by molar-refractivity contribution is -0.125. The van der Waals surface area contributed by atoms with Crippen LogP contribution in [0, 0.1) is 10.8 Å². The molecule has 3 heterocycles. The number of nitrogens with one attached hydrogen (secondary N) is 2. The van der Waals surface area contributed by atoms with E-state index in [4.69, 9.17) is 9.72 Å². The van der Waals surface area contributed by atoms with E-state index in [9.17, 15) is 9.59 Å². The van der Waals surface area contributed by atoms with E-state index in [-0.39, 0.29) is 17.2 Å². The summed E-state index contributed by atoms with van der Waals surface area (Å²) in [6.07, 6.45) is 8.79. The number of fused-ring (bicyclic) bond motifs is 1.